The molecule has 0 aromatic carbocycles. The molecule has 0 N–H and O–H groups in total. The molecule has 0 spiro atoms. The maximum atomic E-state index is 5.86. The molecule has 0 nitrogen and oxygen atoms in total. The standard InChI is InChI=1S/C9H11Cl/c1-7-3-4-9(10)6-8(2)5-7/h3,5-6H,4H2,1-2H3. The summed E-state index contributed by atoms with van der Waals surface area (Å²) in [5, 5.41) is 0.922. The van der Waals surface area contributed by atoms with Crippen LogP contribution in [-0.4, -0.2) is 0 Å². The Kier molecular flexibility index (Phi) is 2.34. The van der Waals surface area contributed by atoms with E-state index in [9.17, 15) is 0 Å². The highest BCUT2D eigenvalue weighted by atomic mass is 35.5. The highest BCUT2D eigenvalue weighted by Crippen LogP contribution is 2.18. The average Bonchev–Trinajstić information content (AvgIpc) is 1.93. The van der Waals surface area contributed by atoms with Gasteiger partial charge in [-0.3, -0.25) is 0 Å². The summed E-state index contributed by atoms with van der Waals surface area (Å²) >= 11 is 5.86. The van der Waals surface area contributed by atoms with Crippen molar-refractivity contribution in [1.82, 2.24) is 0 Å². The van der Waals surface area contributed by atoms with Crippen molar-refractivity contribution >= 4 is 11.6 Å². The second kappa shape index (κ2) is 3.07. The van der Waals surface area contributed by atoms with E-state index < -0.39 is 0 Å². The fraction of sp³-hybridized carbons (Fsp3) is 0.333. The third-order valence-corrected chi connectivity index (χ3v) is 1.72. The van der Waals surface area contributed by atoms with E-state index in [1.54, 1.807) is 0 Å². The quantitative estimate of drug-likeness (QED) is 0.502. The van der Waals surface area contributed by atoms with Crippen molar-refractivity contribution in [3.63, 3.8) is 0 Å². The first kappa shape index (κ1) is 7.62. The Labute approximate surface area is 66.9 Å². The molecule has 0 aromatic heterocycles. The minimum absolute atomic E-state index is 0.876. The van der Waals surface area contributed by atoms with E-state index in [0.717, 1.165) is 11.5 Å². The van der Waals surface area contributed by atoms with Gasteiger partial charge in [0.15, 0.2) is 0 Å². The van der Waals surface area contributed by atoms with Crippen LogP contribution >= 0.6 is 11.6 Å². The first-order valence-electron chi connectivity index (χ1n) is 3.39. The van der Waals surface area contributed by atoms with Gasteiger partial charge in [0.1, 0.15) is 0 Å². The minimum Gasteiger partial charge on any atom is -0.0888 e. The number of rotatable bonds is 0. The lowest BCUT2D eigenvalue weighted by Crippen LogP contribution is -1.67. The lowest BCUT2D eigenvalue weighted by atomic mass is 10.2. The van der Waals surface area contributed by atoms with Crippen LogP contribution in [0.25, 0.3) is 0 Å². The van der Waals surface area contributed by atoms with Crippen LogP contribution in [0.2, 0.25) is 0 Å². The zero-order chi connectivity index (χ0) is 7.56. The monoisotopic (exact) mass is 154 g/mol. The molecule has 0 fully saturated rings. The van der Waals surface area contributed by atoms with Crippen LogP contribution in [0.5, 0.6) is 0 Å². The summed E-state index contributed by atoms with van der Waals surface area (Å²) < 4.78 is 0. The molecule has 10 heavy (non-hydrogen) atoms. The molecule has 54 valence electrons. The molecule has 0 radical (unpaired) electrons. The van der Waals surface area contributed by atoms with E-state index in [2.05, 4.69) is 26.0 Å². The van der Waals surface area contributed by atoms with E-state index in [0.29, 0.717) is 0 Å². The molecule has 0 aliphatic heterocycles. The molecule has 1 aliphatic carbocycles. The van der Waals surface area contributed by atoms with Crippen molar-refractivity contribution in [3.8, 4) is 0 Å². The molecule has 0 saturated carbocycles. The Bertz CT molecular complexity index is 219. The first-order valence-corrected chi connectivity index (χ1v) is 3.77. The van der Waals surface area contributed by atoms with Crippen LogP contribution < -0.4 is 0 Å². The van der Waals surface area contributed by atoms with Gasteiger partial charge in [0.05, 0.1) is 0 Å². The van der Waals surface area contributed by atoms with Gasteiger partial charge in [-0.15, -0.1) is 0 Å². The maximum Gasteiger partial charge on any atom is 0.0221 e. The molecule has 0 aromatic rings. The van der Waals surface area contributed by atoms with Gasteiger partial charge in [-0.05, 0) is 25.5 Å². The maximum absolute atomic E-state index is 5.86. The SMILES string of the molecule is CC1=CCC(Cl)=CC(C)=C1. The van der Waals surface area contributed by atoms with Gasteiger partial charge in [0.25, 0.3) is 0 Å². The first-order chi connectivity index (χ1) is 4.68. The van der Waals surface area contributed by atoms with Gasteiger partial charge in [-0.1, -0.05) is 29.3 Å². The Morgan fingerprint density at radius 3 is 2.60 bits per heavy atom. The number of hydrogen-bond donors (Lipinski definition) is 0. The third kappa shape index (κ3) is 2.03. The van der Waals surface area contributed by atoms with Gasteiger partial charge >= 0.3 is 0 Å². The molecule has 1 aliphatic rings. The van der Waals surface area contributed by atoms with Gasteiger partial charge in [-0.2, -0.15) is 0 Å². The topological polar surface area (TPSA) is 0 Å². The summed E-state index contributed by atoms with van der Waals surface area (Å²) in [6, 6.07) is 0. The van der Waals surface area contributed by atoms with E-state index in [1.807, 2.05) is 6.08 Å². The van der Waals surface area contributed by atoms with Crippen LogP contribution in [0.1, 0.15) is 20.3 Å². The zero-order valence-corrected chi connectivity index (χ0v) is 7.07. The van der Waals surface area contributed by atoms with E-state index in [1.165, 1.54) is 11.1 Å². The summed E-state index contributed by atoms with van der Waals surface area (Å²) in [5.41, 5.74) is 2.53. The average molecular weight is 155 g/mol. The summed E-state index contributed by atoms with van der Waals surface area (Å²) in [6.07, 6.45) is 7.15. The Morgan fingerprint density at radius 2 is 1.90 bits per heavy atom. The van der Waals surface area contributed by atoms with Gasteiger partial charge in [0, 0.05) is 11.5 Å². The van der Waals surface area contributed by atoms with Crippen molar-refractivity contribution in [2.24, 2.45) is 0 Å². The summed E-state index contributed by atoms with van der Waals surface area (Å²) in [7, 11) is 0. The normalized spacial score (nSPS) is 18.9. The molecular formula is C9H11Cl. The molecule has 0 bridgehead atoms. The molecule has 1 heteroatoms. The Balaban J connectivity index is 2.90. The molecule has 0 heterocycles. The Morgan fingerprint density at radius 1 is 1.20 bits per heavy atom. The van der Waals surface area contributed by atoms with E-state index >= 15 is 0 Å². The minimum atomic E-state index is 0.876. The molecular weight excluding hydrogens is 144 g/mol. The van der Waals surface area contributed by atoms with Gasteiger partial charge in [0.2, 0.25) is 0 Å². The number of hydrogen-bond acceptors (Lipinski definition) is 0. The fourth-order valence-electron chi connectivity index (χ4n) is 1.02. The van der Waals surface area contributed by atoms with Crippen LogP contribution in [0.4, 0.5) is 0 Å². The van der Waals surface area contributed by atoms with Crippen molar-refractivity contribution in [3.05, 3.63) is 34.4 Å². The van der Waals surface area contributed by atoms with Crippen molar-refractivity contribution < 1.29 is 0 Å². The zero-order valence-electron chi connectivity index (χ0n) is 6.32. The molecule has 1 rings (SSSR count). The third-order valence-electron chi connectivity index (χ3n) is 1.46. The van der Waals surface area contributed by atoms with Crippen molar-refractivity contribution in [2.75, 3.05) is 0 Å². The second-order valence-electron chi connectivity index (χ2n) is 2.63. The molecule has 0 atom stereocenters. The highest BCUT2D eigenvalue weighted by molar-refractivity contribution is 6.29. The van der Waals surface area contributed by atoms with Crippen LogP contribution in [0.3, 0.4) is 0 Å². The summed E-state index contributed by atoms with van der Waals surface area (Å²) in [6.45, 7) is 4.15. The van der Waals surface area contributed by atoms with Gasteiger partial charge in [-0.25, -0.2) is 0 Å². The molecule has 0 amide bonds. The predicted octanol–water partition coefficient (Wildman–Crippen LogP) is 3.41. The summed E-state index contributed by atoms with van der Waals surface area (Å²) in [4.78, 5) is 0. The lowest BCUT2D eigenvalue weighted by Gasteiger charge is -1.88. The smallest absolute Gasteiger partial charge is 0.0221 e. The number of allylic oxidation sites excluding steroid dienone is 6. The largest absolute Gasteiger partial charge is 0.0888 e. The van der Waals surface area contributed by atoms with Crippen LogP contribution in [0, 0.1) is 0 Å². The van der Waals surface area contributed by atoms with E-state index in [-0.39, 0.29) is 0 Å². The Hall–Kier alpha value is -0.490. The summed E-state index contributed by atoms with van der Waals surface area (Å²) in [5.74, 6) is 0. The predicted molar refractivity (Wildman–Crippen MR) is 46.1 cm³/mol. The van der Waals surface area contributed by atoms with Gasteiger partial charge < -0.3 is 0 Å². The highest BCUT2D eigenvalue weighted by Gasteiger charge is 1.96. The lowest BCUT2D eigenvalue weighted by molar-refractivity contribution is 1.32. The van der Waals surface area contributed by atoms with Crippen molar-refractivity contribution in [1.29, 1.82) is 0 Å². The molecule has 0 unspecified atom stereocenters. The van der Waals surface area contributed by atoms with Crippen molar-refractivity contribution in [2.45, 2.75) is 20.3 Å². The number of halogens is 1. The molecule has 0 saturated heterocycles. The fourth-order valence-corrected chi connectivity index (χ4v) is 1.27. The van der Waals surface area contributed by atoms with Crippen LogP contribution in [0.15, 0.2) is 34.4 Å². The second-order valence-corrected chi connectivity index (χ2v) is 3.12. The van der Waals surface area contributed by atoms with Crippen LogP contribution in [-0.2, 0) is 0 Å². The van der Waals surface area contributed by atoms with E-state index in [4.69, 9.17) is 11.6 Å².